The number of furan rings is 1. The molecule has 4 rings (SSSR count). The molecule has 0 radical (unpaired) electrons. The van der Waals surface area contributed by atoms with Crippen molar-refractivity contribution in [3.8, 4) is 22.8 Å². The first-order valence-electron chi connectivity index (χ1n) is 7.82. The summed E-state index contributed by atoms with van der Waals surface area (Å²) in [6.45, 7) is 0.551. The molecular formula is C19H13Cl2NO4. The van der Waals surface area contributed by atoms with Gasteiger partial charge in [-0.15, -0.1) is 0 Å². The summed E-state index contributed by atoms with van der Waals surface area (Å²) in [5.74, 6) is 1.72. The second-order valence-corrected chi connectivity index (χ2v) is 6.50. The van der Waals surface area contributed by atoms with E-state index in [2.05, 4.69) is 5.32 Å². The monoisotopic (exact) mass is 389 g/mol. The molecule has 1 aliphatic rings. The molecule has 0 fully saturated rings. The molecule has 0 unspecified atom stereocenters. The van der Waals surface area contributed by atoms with Gasteiger partial charge in [-0.2, -0.15) is 0 Å². The molecule has 1 aromatic heterocycles. The molecule has 26 heavy (non-hydrogen) atoms. The first kappa shape index (κ1) is 16.8. The van der Waals surface area contributed by atoms with Crippen molar-refractivity contribution in [2.24, 2.45) is 0 Å². The molecule has 7 heteroatoms. The fourth-order valence-electron chi connectivity index (χ4n) is 2.61. The number of rotatable bonds is 4. The summed E-state index contributed by atoms with van der Waals surface area (Å²) in [5.41, 5.74) is 1.53. The SMILES string of the molecule is O=C(NCc1ccc2c(c1)OCO2)c1ccc(-c2cc(Cl)ccc2Cl)o1. The quantitative estimate of drug-likeness (QED) is 0.688. The largest absolute Gasteiger partial charge is 0.454 e. The topological polar surface area (TPSA) is 60.7 Å². The third-order valence-corrected chi connectivity index (χ3v) is 4.48. The average molecular weight is 390 g/mol. The zero-order chi connectivity index (χ0) is 18.1. The Bertz CT molecular complexity index is 983. The van der Waals surface area contributed by atoms with Crippen LogP contribution in [0.15, 0.2) is 52.9 Å². The fraction of sp³-hybridized carbons (Fsp3) is 0.105. The van der Waals surface area contributed by atoms with Crippen molar-refractivity contribution in [3.05, 3.63) is 69.9 Å². The minimum absolute atomic E-state index is 0.191. The van der Waals surface area contributed by atoms with Crippen LogP contribution in [-0.4, -0.2) is 12.7 Å². The van der Waals surface area contributed by atoms with Gasteiger partial charge in [-0.3, -0.25) is 4.79 Å². The van der Waals surface area contributed by atoms with Crippen molar-refractivity contribution in [2.45, 2.75) is 6.54 Å². The maximum absolute atomic E-state index is 12.3. The number of hydrogen-bond acceptors (Lipinski definition) is 4. The Labute approximate surface area is 159 Å². The van der Waals surface area contributed by atoms with E-state index in [9.17, 15) is 4.79 Å². The van der Waals surface area contributed by atoms with Gasteiger partial charge in [0, 0.05) is 17.1 Å². The Morgan fingerprint density at radius 1 is 1.00 bits per heavy atom. The molecule has 2 aromatic carbocycles. The standard InChI is InChI=1S/C19H13Cl2NO4/c20-12-2-3-14(21)13(8-12)15-5-6-17(26-15)19(23)22-9-11-1-4-16-18(7-11)25-10-24-16/h1-8H,9-10H2,(H,22,23). The third-order valence-electron chi connectivity index (χ3n) is 3.91. The lowest BCUT2D eigenvalue weighted by molar-refractivity contribution is 0.0924. The number of fused-ring (bicyclic) bond motifs is 1. The van der Waals surface area contributed by atoms with Gasteiger partial charge in [-0.25, -0.2) is 0 Å². The Morgan fingerprint density at radius 3 is 2.73 bits per heavy atom. The summed E-state index contributed by atoms with van der Waals surface area (Å²) in [6, 6.07) is 13.9. The molecule has 132 valence electrons. The van der Waals surface area contributed by atoms with Gasteiger partial charge in [-0.05, 0) is 48.0 Å². The summed E-state index contributed by atoms with van der Waals surface area (Å²) < 4.78 is 16.2. The Morgan fingerprint density at radius 2 is 1.85 bits per heavy atom. The number of nitrogens with one attached hydrogen (secondary N) is 1. The van der Waals surface area contributed by atoms with Gasteiger partial charge >= 0.3 is 0 Å². The van der Waals surface area contributed by atoms with E-state index in [0.717, 1.165) is 5.56 Å². The molecule has 0 saturated heterocycles. The Kier molecular flexibility index (Phi) is 4.49. The van der Waals surface area contributed by atoms with Crippen LogP contribution in [0.25, 0.3) is 11.3 Å². The number of benzene rings is 2. The number of carbonyl (C=O) groups excluding carboxylic acids is 1. The molecule has 0 saturated carbocycles. The number of amides is 1. The minimum atomic E-state index is -0.327. The van der Waals surface area contributed by atoms with Crippen LogP contribution in [0, 0.1) is 0 Å². The van der Waals surface area contributed by atoms with Crippen molar-refractivity contribution in [3.63, 3.8) is 0 Å². The second kappa shape index (κ2) is 6.94. The van der Waals surface area contributed by atoms with Gasteiger partial charge in [-0.1, -0.05) is 29.3 Å². The van der Waals surface area contributed by atoms with Gasteiger partial charge in [0.25, 0.3) is 5.91 Å². The van der Waals surface area contributed by atoms with E-state index in [1.807, 2.05) is 18.2 Å². The van der Waals surface area contributed by atoms with Crippen LogP contribution in [0.4, 0.5) is 0 Å². The van der Waals surface area contributed by atoms with Crippen molar-refractivity contribution in [1.82, 2.24) is 5.32 Å². The van der Waals surface area contributed by atoms with Crippen LogP contribution in [0.5, 0.6) is 11.5 Å². The predicted octanol–water partition coefficient (Wildman–Crippen LogP) is 4.91. The minimum Gasteiger partial charge on any atom is -0.454 e. The van der Waals surface area contributed by atoms with Crippen molar-refractivity contribution >= 4 is 29.1 Å². The summed E-state index contributed by atoms with van der Waals surface area (Å²) in [7, 11) is 0. The number of carbonyl (C=O) groups is 1. The van der Waals surface area contributed by atoms with Crippen LogP contribution in [0.2, 0.25) is 10.0 Å². The highest BCUT2D eigenvalue weighted by molar-refractivity contribution is 6.35. The zero-order valence-electron chi connectivity index (χ0n) is 13.4. The maximum atomic E-state index is 12.3. The molecule has 0 spiro atoms. The van der Waals surface area contributed by atoms with Crippen LogP contribution in [-0.2, 0) is 6.54 Å². The molecular weight excluding hydrogens is 377 g/mol. The van der Waals surface area contributed by atoms with Crippen molar-refractivity contribution in [1.29, 1.82) is 0 Å². The van der Waals surface area contributed by atoms with Gasteiger partial charge in [0.05, 0.1) is 5.02 Å². The van der Waals surface area contributed by atoms with E-state index in [1.165, 1.54) is 0 Å². The molecule has 1 amide bonds. The molecule has 3 aromatic rings. The van der Waals surface area contributed by atoms with Gasteiger partial charge in [0.15, 0.2) is 17.3 Å². The molecule has 5 nitrogen and oxygen atoms in total. The predicted molar refractivity (Wildman–Crippen MR) is 97.9 cm³/mol. The van der Waals surface area contributed by atoms with E-state index in [4.69, 9.17) is 37.1 Å². The van der Waals surface area contributed by atoms with Gasteiger partial charge in [0.1, 0.15) is 5.76 Å². The second-order valence-electron chi connectivity index (χ2n) is 5.66. The molecule has 0 aliphatic carbocycles. The number of ether oxygens (including phenoxy) is 2. The molecule has 1 N–H and O–H groups in total. The molecule has 0 atom stereocenters. The third kappa shape index (κ3) is 3.36. The van der Waals surface area contributed by atoms with E-state index >= 15 is 0 Å². The molecule has 0 bridgehead atoms. The number of halogens is 2. The summed E-state index contributed by atoms with van der Waals surface area (Å²) in [5, 5.41) is 3.84. The summed E-state index contributed by atoms with van der Waals surface area (Å²) in [4.78, 5) is 12.3. The highest BCUT2D eigenvalue weighted by Crippen LogP contribution is 2.33. The lowest BCUT2D eigenvalue weighted by atomic mass is 10.2. The summed E-state index contributed by atoms with van der Waals surface area (Å²) in [6.07, 6.45) is 0. The smallest absolute Gasteiger partial charge is 0.287 e. The number of hydrogen-bond donors (Lipinski definition) is 1. The Balaban J connectivity index is 1.46. The zero-order valence-corrected chi connectivity index (χ0v) is 14.9. The van der Waals surface area contributed by atoms with Gasteiger partial charge in [0.2, 0.25) is 6.79 Å². The van der Waals surface area contributed by atoms with E-state index in [0.29, 0.717) is 39.4 Å². The normalized spacial score (nSPS) is 12.2. The summed E-state index contributed by atoms with van der Waals surface area (Å²) >= 11 is 12.2. The highest BCUT2D eigenvalue weighted by Gasteiger charge is 2.16. The maximum Gasteiger partial charge on any atom is 0.287 e. The van der Waals surface area contributed by atoms with Crippen LogP contribution in [0.3, 0.4) is 0 Å². The van der Waals surface area contributed by atoms with Crippen LogP contribution >= 0.6 is 23.2 Å². The lowest BCUT2D eigenvalue weighted by Gasteiger charge is -2.05. The Hall–Kier alpha value is -2.63. The highest BCUT2D eigenvalue weighted by atomic mass is 35.5. The van der Waals surface area contributed by atoms with Gasteiger partial charge < -0.3 is 19.2 Å². The van der Waals surface area contributed by atoms with Crippen molar-refractivity contribution in [2.75, 3.05) is 6.79 Å². The molecule has 1 aliphatic heterocycles. The molecule has 2 heterocycles. The lowest BCUT2D eigenvalue weighted by Crippen LogP contribution is -2.22. The first-order chi connectivity index (χ1) is 12.6. The fourth-order valence-corrected chi connectivity index (χ4v) is 2.99. The van der Waals surface area contributed by atoms with E-state index in [-0.39, 0.29) is 18.5 Å². The van der Waals surface area contributed by atoms with Crippen LogP contribution in [0.1, 0.15) is 16.1 Å². The first-order valence-corrected chi connectivity index (χ1v) is 8.58. The van der Waals surface area contributed by atoms with Crippen molar-refractivity contribution < 1.29 is 18.7 Å². The van der Waals surface area contributed by atoms with Crippen LogP contribution < -0.4 is 14.8 Å². The van der Waals surface area contributed by atoms with E-state index < -0.39 is 0 Å². The average Bonchev–Trinajstić information content (AvgIpc) is 3.30. The van der Waals surface area contributed by atoms with E-state index in [1.54, 1.807) is 30.3 Å².